The van der Waals surface area contributed by atoms with Crippen molar-refractivity contribution >= 4 is 22.0 Å². The molecule has 3 aromatic carbocycles. The summed E-state index contributed by atoms with van der Waals surface area (Å²) in [6, 6.07) is 29.9. The molecule has 5 rings (SSSR count). The molecule has 6 nitrogen and oxygen atoms in total. The molecule has 0 bridgehead atoms. The maximum atomic E-state index is 5.70. The molecule has 2 aromatic heterocycles. The average Bonchev–Trinajstić information content (AvgIpc) is 3.40. The number of oxime groups is 1. The van der Waals surface area contributed by atoms with Crippen molar-refractivity contribution in [2.45, 2.75) is 6.61 Å². The van der Waals surface area contributed by atoms with E-state index in [-0.39, 0.29) is 6.61 Å². The zero-order chi connectivity index (χ0) is 20.2. The van der Waals surface area contributed by atoms with Crippen molar-refractivity contribution in [1.29, 1.82) is 0 Å². The largest absolute Gasteiger partial charge is 0.387 e. The summed E-state index contributed by atoms with van der Waals surface area (Å²) in [6.07, 6.45) is 0. The molecular formula is C23H17N5OS. The van der Waals surface area contributed by atoms with Gasteiger partial charge >= 0.3 is 0 Å². The van der Waals surface area contributed by atoms with Crippen LogP contribution in [0.25, 0.3) is 15.5 Å². The van der Waals surface area contributed by atoms with E-state index in [1.807, 2.05) is 91.0 Å². The Bertz CT molecular complexity index is 1240. The van der Waals surface area contributed by atoms with Gasteiger partial charge in [-0.2, -0.15) is 9.61 Å². The Kier molecular flexibility index (Phi) is 5.01. The number of aromatic nitrogens is 4. The Morgan fingerprint density at radius 3 is 2.03 bits per heavy atom. The van der Waals surface area contributed by atoms with Gasteiger partial charge in [0.1, 0.15) is 10.7 Å². The summed E-state index contributed by atoms with van der Waals surface area (Å²) >= 11 is 1.49. The number of hydrogen-bond donors (Lipinski definition) is 0. The molecule has 0 fully saturated rings. The number of nitrogens with zero attached hydrogens (tertiary/aromatic N) is 5. The molecule has 0 amide bonds. The summed E-state index contributed by atoms with van der Waals surface area (Å²) < 4.78 is 1.72. The summed E-state index contributed by atoms with van der Waals surface area (Å²) in [5.41, 5.74) is 3.78. The van der Waals surface area contributed by atoms with Crippen molar-refractivity contribution < 1.29 is 4.84 Å². The lowest BCUT2D eigenvalue weighted by molar-refractivity contribution is 0.123. The van der Waals surface area contributed by atoms with Gasteiger partial charge in [0.2, 0.25) is 4.96 Å². The van der Waals surface area contributed by atoms with E-state index in [1.165, 1.54) is 11.3 Å². The first-order valence-corrected chi connectivity index (χ1v) is 10.3. The lowest BCUT2D eigenvalue weighted by Crippen LogP contribution is -2.05. The fourth-order valence-corrected chi connectivity index (χ4v) is 3.93. The topological polar surface area (TPSA) is 64.7 Å². The van der Waals surface area contributed by atoms with E-state index in [2.05, 4.69) is 20.5 Å². The minimum absolute atomic E-state index is 0.169. The minimum Gasteiger partial charge on any atom is -0.387 e. The van der Waals surface area contributed by atoms with Crippen molar-refractivity contribution in [2.24, 2.45) is 5.16 Å². The highest BCUT2D eigenvalue weighted by Gasteiger charge is 2.14. The molecule has 0 aliphatic rings. The van der Waals surface area contributed by atoms with E-state index < -0.39 is 0 Å². The molecule has 0 saturated heterocycles. The van der Waals surface area contributed by atoms with E-state index in [0.29, 0.717) is 5.82 Å². The van der Waals surface area contributed by atoms with Crippen LogP contribution in [-0.2, 0) is 11.4 Å². The monoisotopic (exact) mass is 411 g/mol. The molecule has 0 atom stereocenters. The van der Waals surface area contributed by atoms with Gasteiger partial charge in [-0.05, 0) is 0 Å². The lowest BCUT2D eigenvalue weighted by atomic mass is 10.0. The first-order valence-electron chi connectivity index (χ1n) is 9.46. The molecular weight excluding hydrogens is 394 g/mol. The van der Waals surface area contributed by atoms with Gasteiger partial charge in [-0.3, -0.25) is 0 Å². The van der Waals surface area contributed by atoms with Crippen LogP contribution in [0.1, 0.15) is 17.0 Å². The average molecular weight is 411 g/mol. The SMILES string of the molecule is c1ccc(C(=NOCc2nnc3sc(-c4ccccc4)nn23)c2ccccc2)cc1. The van der Waals surface area contributed by atoms with Crippen molar-refractivity contribution in [3.8, 4) is 10.6 Å². The zero-order valence-electron chi connectivity index (χ0n) is 15.9. The van der Waals surface area contributed by atoms with E-state index in [1.54, 1.807) is 4.52 Å². The molecule has 0 saturated carbocycles. The van der Waals surface area contributed by atoms with E-state index >= 15 is 0 Å². The Labute approximate surface area is 177 Å². The Balaban J connectivity index is 1.41. The van der Waals surface area contributed by atoms with Gasteiger partial charge in [0, 0.05) is 16.7 Å². The van der Waals surface area contributed by atoms with Crippen molar-refractivity contribution in [3.63, 3.8) is 0 Å². The van der Waals surface area contributed by atoms with Gasteiger partial charge < -0.3 is 4.84 Å². The van der Waals surface area contributed by atoms with Gasteiger partial charge in [0.25, 0.3) is 0 Å². The van der Waals surface area contributed by atoms with Crippen LogP contribution in [0.5, 0.6) is 0 Å². The summed E-state index contributed by atoms with van der Waals surface area (Å²) in [5.74, 6) is 0.604. The maximum absolute atomic E-state index is 5.70. The third kappa shape index (κ3) is 3.70. The molecule has 7 heteroatoms. The molecule has 2 heterocycles. The zero-order valence-corrected chi connectivity index (χ0v) is 16.7. The first-order chi connectivity index (χ1) is 14.9. The fourth-order valence-electron chi connectivity index (χ4n) is 3.06. The van der Waals surface area contributed by atoms with Crippen LogP contribution in [0.2, 0.25) is 0 Å². The summed E-state index contributed by atoms with van der Waals surface area (Å²) in [6.45, 7) is 0.169. The second kappa shape index (κ2) is 8.26. The molecule has 0 radical (unpaired) electrons. The number of rotatable bonds is 6. The van der Waals surface area contributed by atoms with Crippen molar-refractivity contribution in [1.82, 2.24) is 19.8 Å². The van der Waals surface area contributed by atoms with Crippen LogP contribution in [-0.4, -0.2) is 25.5 Å². The second-order valence-electron chi connectivity index (χ2n) is 6.53. The van der Waals surface area contributed by atoms with Crippen LogP contribution in [0.4, 0.5) is 0 Å². The molecule has 5 aromatic rings. The predicted molar refractivity (Wildman–Crippen MR) is 117 cm³/mol. The summed E-state index contributed by atoms with van der Waals surface area (Å²) in [4.78, 5) is 6.43. The normalized spacial score (nSPS) is 10.8. The molecule has 0 aliphatic carbocycles. The van der Waals surface area contributed by atoms with Crippen LogP contribution in [0.3, 0.4) is 0 Å². The van der Waals surface area contributed by atoms with Gasteiger partial charge in [-0.25, -0.2) is 0 Å². The van der Waals surface area contributed by atoms with Crippen LogP contribution < -0.4 is 0 Å². The Morgan fingerprint density at radius 1 is 0.800 bits per heavy atom. The quantitative estimate of drug-likeness (QED) is 0.297. The van der Waals surface area contributed by atoms with Crippen molar-refractivity contribution in [2.75, 3.05) is 0 Å². The molecule has 0 spiro atoms. The predicted octanol–water partition coefficient (Wildman–Crippen LogP) is 4.82. The maximum Gasteiger partial charge on any atom is 0.235 e. The third-order valence-corrected chi connectivity index (χ3v) is 5.47. The van der Waals surface area contributed by atoms with Gasteiger partial charge in [0.05, 0.1) is 0 Å². The van der Waals surface area contributed by atoms with E-state index in [0.717, 1.165) is 32.4 Å². The standard InChI is InChI=1S/C23H17N5OS/c1-4-10-17(11-5-1)21(18-12-6-2-7-13-18)27-29-16-20-24-25-23-28(20)26-22(30-23)19-14-8-3-9-15-19/h1-15H,16H2. The summed E-state index contributed by atoms with van der Waals surface area (Å²) in [5, 5.41) is 18.4. The molecule has 0 aliphatic heterocycles. The first kappa shape index (κ1) is 18.2. The number of fused-ring (bicyclic) bond motifs is 1. The molecule has 30 heavy (non-hydrogen) atoms. The van der Waals surface area contributed by atoms with Crippen LogP contribution >= 0.6 is 11.3 Å². The van der Waals surface area contributed by atoms with Gasteiger partial charge in [-0.15, -0.1) is 10.2 Å². The summed E-state index contributed by atoms with van der Waals surface area (Å²) in [7, 11) is 0. The smallest absolute Gasteiger partial charge is 0.235 e. The van der Waals surface area contributed by atoms with Gasteiger partial charge in [0.15, 0.2) is 12.4 Å². The minimum atomic E-state index is 0.169. The van der Waals surface area contributed by atoms with Gasteiger partial charge in [-0.1, -0.05) is 107 Å². The molecule has 146 valence electrons. The molecule has 0 unspecified atom stereocenters. The molecule has 0 N–H and O–H groups in total. The lowest BCUT2D eigenvalue weighted by Gasteiger charge is -2.07. The van der Waals surface area contributed by atoms with E-state index in [9.17, 15) is 0 Å². The highest BCUT2D eigenvalue weighted by Crippen LogP contribution is 2.25. The fraction of sp³-hybridized carbons (Fsp3) is 0.0435. The highest BCUT2D eigenvalue weighted by atomic mass is 32.1. The number of hydrogen-bond acceptors (Lipinski definition) is 6. The Morgan fingerprint density at radius 2 is 1.40 bits per heavy atom. The second-order valence-corrected chi connectivity index (χ2v) is 7.49. The van der Waals surface area contributed by atoms with Crippen molar-refractivity contribution in [3.05, 3.63) is 108 Å². The number of benzene rings is 3. The Hall–Kier alpha value is -3.84. The van der Waals surface area contributed by atoms with E-state index in [4.69, 9.17) is 4.84 Å². The van der Waals surface area contributed by atoms with Crippen LogP contribution in [0.15, 0.2) is 96.2 Å². The third-order valence-electron chi connectivity index (χ3n) is 4.52. The van der Waals surface area contributed by atoms with Crippen LogP contribution in [0, 0.1) is 0 Å². The highest BCUT2D eigenvalue weighted by molar-refractivity contribution is 7.19.